The van der Waals surface area contributed by atoms with E-state index in [4.69, 9.17) is 14.6 Å². The van der Waals surface area contributed by atoms with Gasteiger partial charge >= 0.3 is 0 Å². The summed E-state index contributed by atoms with van der Waals surface area (Å²) >= 11 is 0. The Morgan fingerprint density at radius 1 is 0.844 bits per heavy atom. The predicted octanol–water partition coefficient (Wildman–Crippen LogP) is -1.18. The van der Waals surface area contributed by atoms with Gasteiger partial charge in [-0.2, -0.15) is 0 Å². The minimum atomic E-state index is -1.79. The van der Waals surface area contributed by atoms with Crippen LogP contribution in [0, 0.1) is 0 Å². The molecule has 176 valence electrons. The van der Waals surface area contributed by atoms with E-state index in [2.05, 4.69) is 0 Å². The first kappa shape index (κ1) is 25.7. The summed E-state index contributed by atoms with van der Waals surface area (Å²) in [5.74, 6) is -0.434. The van der Waals surface area contributed by atoms with E-state index in [-0.39, 0.29) is 29.5 Å². The van der Waals surface area contributed by atoms with Crippen LogP contribution in [0.3, 0.4) is 0 Å². The summed E-state index contributed by atoms with van der Waals surface area (Å²) in [6.07, 6.45) is -7.75. The average molecular weight is 452 g/mol. The Bertz CT molecular complexity index is 844. The third kappa shape index (κ3) is 6.97. The quantitative estimate of drug-likeness (QED) is 0.183. The number of phenols is 1. The van der Waals surface area contributed by atoms with Crippen molar-refractivity contribution in [2.24, 2.45) is 0 Å². The smallest absolute Gasteiger partial charge is 0.196 e. The molecule has 0 bridgehead atoms. The predicted molar refractivity (Wildman–Crippen MR) is 111 cm³/mol. The molecule has 0 fully saturated rings. The molecular weight excluding hydrogens is 424 g/mol. The monoisotopic (exact) mass is 452 g/mol. The second-order valence-electron chi connectivity index (χ2n) is 7.12. The molecule has 2 aromatic rings. The van der Waals surface area contributed by atoms with E-state index in [1.54, 1.807) is 30.3 Å². The molecule has 0 aromatic heterocycles. The van der Waals surface area contributed by atoms with Gasteiger partial charge in [-0.25, -0.2) is 0 Å². The summed E-state index contributed by atoms with van der Waals surface area (Å²) in [5.41, 5.74) is 0.516. The SMILES string of the molecule is O=C(c1ccccc1)c1ccc(OCC(CO)OC[C@H](O)[C@@H](O)[C@H](O)[C@H](O)CO)cc1O. The highest BCUT2D eigenvalue weighted by molar-refractivity contribution is 6.10. The third-order valence-electron chi connectivity index (χ3n) is 4.72. The number of phenolic OH excluding ortho intramolecular Hbond substituents is 1. The topological polar surface area (TPSA) is 177 Å². The fourth-order valence-electron chi connectivity index (χ4n) is 2.78. The highest BCUT2D eigenvalue weighted by Gasteiger charge is 2.30. The van der Waals surface area contributed by atoms with Crippen molar-refractivity contribution in [3.63, 3.8) is 0 Å². The van der Waals surface area contributed by atoms with Crippen LogP contribution in [0.5, 0.6) is 11.5 Å². The summed E-state index contributed by atoms with van der Waals surface area (Å²) < 4.78 is 10.7. The van der Waals surface area contributed by atoms with Crippen LogP contribution in [0.25, 0.3) is 0 Å². The van der Waals surface area contributed by atoms with Crippen LogP contribution in [0.1, 0.15) is 15.9 Å². The van der Waals surface area contributed by atoms with Gasteiger partial charge in [-0.05, 0) is 12.1 Å². The Morgan fingerprint density at radius 2 is 1.50 bits per heavy atom. The molecule has 1 unspecified atom stereocenters. The first-order valence-corrected chi connectivity index (χ1v) is 9.89. The van der Waals surface area contributed by atoms with Gasteiger partial charge in [0.05, 0.1) is 25.4 Å². The van der Waals surface area contributed by atoms with Crippen molar-refractivity contribution in [3.8, 4) is 11.5 Å². The summed E-state index contributed by atoms with van der Waals surface area (Å²) in [6.45, 7) is -1.99. The van der Waals surface area contributed by atoms with E-state index in [0.717, 1.165) is 0 Å². The number of carbonyl (C=O) groups is 1. The fourth-order valence-corrected chi connectivity index (χ4v) is 2.78. The van der Waals surface area contributed by atoms with E-state index in [0.29, 0.717) is 5.56 Å². The van der Waals surface area contributed by atoms with Gasteiger partial charge in [-0.1, -0.05) is 30.3 Å². The molecule has 0 saturated heterocycles. The number of benzene rings is 2. The molecule has 0 amide bonds. The number of ether oxygens (including phenoxy) is 2. The van der Waals surface area contributed by atoms with Crippen LogP contribution in [-0.2, 0) is 4.74 Å². The first-order valence-electron chi connectivity index (χ1n) is 9.89. The maximum atomic E-state index is 12.5. The Morgan fingerprint density at radius 3 is 2.09 bits per heavy atom. The molecule has 0 spiro atoms. The molecule has 0 heterocycles. The number of hydrogen-bond donors (Lipinski definition) is 7. The lowest BCUT2D eigenvalue weighted by Gasteiger charge is -2.26. The largest absolute Gasteiger partial charge is 0.507 e. The molecule has 0 aliphatic rings. The zero-order chi connectivity index (χ0) is 23.7. The lowest BCUT2D eigenvalue weighted by molar-refractivity contribution is -0.139. The number of hydrogen-bond acceptors (Lipinski definition) is 10. The Hall–Kier alpha value is -2.57. The third-order valence-corrected chi connectivity index (χ3v) is 4.72. The van der Waals surface area contributed by atoms with Crippen molar-refractivity contribution in [1.29, 1.82) is 0 Å². The first-order chi connectivity index (χ1) is 15.3. The second kappa shape index (κ2) is 12.5. The second-order valence-corrected chi connectivity index (χ2v) is 7.12. The Labute approximate surface area is 184 Å². The lowest BCUT2D eigenvalue weighted by Crippen LogP contribution is -2.48. The van der Waals surface area contributed by atoms with Crippen molar-refractivity contribution in [3.05, 3.63) is 59.7 Å². The van der Waals surface area contributed by atoms with Gasteiger partial charge in [0.25, 0.3) is 0 Å². The minimum Gasteiger partial charge on any atom is -0.507 e. The normalized spacial score (nSPS) is 16.1. The van der Waals surface area contributed by atoms with Gasteiger partial charge in [-0.15, -0.1) is 0 Å². The van der Waals surface area contributed by atoms with Crippen molar-refractivity contribution >= 4 is 5.78 Å². The van der Waals surface area contributed by atoms with Gasteiger partial charge in [0, 0.05) is 11.6 Å². The number of aliphatic hydroxyl groups excluding tert-OH is 6. The molecule has 32 heavy (non-hydrogen) atoms. The van der Waals surface area contributed by atoms with Crippen LogP contribution < -0.4 is 4.74 Å². The lowest BCUT2D eigenvalue weighted by atomic mass is 10.0. The molecule has 5 atom stereocenters. The molecule has 10 nitrogen and oxygen atoms in total. The van der Waals surface area contributed by atoms with Crippen LogP contribution >= 0.6 is 0 Å². The molecule has 0 aliphatic heterocycles. The fraction of sp³-hybridized carbons (Fsp3) is 0.409. The van der Waals surface area contributed by atoms with Gasteiger partial charge in [0.15, 0.2) is 5.78 Å². The van der Waals surface area contributed by atoms with Crippen LogP contribution in [-0.4, -0.2) is 98.5 Å². The van der Waals surface area contributed by atoms with E-state index in [1.165, 1.54) is 18.2 Å². The van der Waals surface area contributed by atoms with Crippen LogP contribution in [0.2, 0.25) is 0 Å². The van der Waals surface area contributed by atoms with Crippen molar-refractivity contribution in [2.75, 3.05) is 26.4 Å². The van der Waals surface area contributed by atoms with Gasteiger partial charge in [-0.3, -0.25) is 4.79 Å². The standard InChI is InChI=1S/C22H28O10/c23-9-15(32-12-19(27)22(30)21(29)18(26)10-24)11-31-14-6-7-16(17(25)8-14)20(28)13-4-2-1-3-5-13/h1-8,15,18-19,21-27,29-30H,9-12H2/t15?,18-,19+,21-,22-/m1/s1. The van der Waals surface area contributed by atoms with Gasteiger partial charge < -0.3 is 45.2 Å². The molecule has 2 aromatic carbocycles. The molecule has 10 heteroatoms. The Balaban J connectivity index is 1.90. The van der Waals surface area contributed by atoms with Gasteiger partial charge in [0.1, 0.15) is 48.6 Å². The zero-order valence-corrected chi connectivity index (χ0v) is 17.2. The van der Waals surface area contributed by atoms with Crippen molar-refractivity contribution < 1.29 is 50.0 Å². The number of aliphatic hydroxyl groups is 6. The van der Waals surface area contributed by atoms with Crippen LogP contribution in [0.15, 0.2) is 48.5 Å². The summed E-state index contributed by atoms with van der Waals surface area (Å²) in [6, 6.07) is 12.6. The maximum absolute atomic E-state index is 12.5. The molecule has 7 N–H and O–H groups in total. The average Bonchev–Trinajstić information content (AvgIpc) is 2.82. The molecule has 0 aliphatic carbocycles. The highest BCUT2D eigenvalue weighted by Crippen LogP contribution is 2.26. The summed E-state index contributed by atoms with van der Waals surface area (Å²) in [7, 11) is 0. The summed E-state index contributed by atoms with van der Waals surface area (Å²) in [4.78, 5) is 12.5. The molecule has 2 rings (SSSR count). The van der Waals surface area contributed by atoms with Crippen molar-refractivity contribution in [2.45, 2.75) is 30.5 Å². The summed E-state index contributed by atoms with van der Waals surface area (Å²) in [5, 5.41) is 66.9. The number of aromatic hydroxyl groups is 1. The van der Waals surface area contributed by atoms with E-state index >= 15 is 0 Å². The molecule has 0 saturated carbocycles. The van der Waals surface area contributed by atoms with E-state index in [1.807, 2.05) is 0 Å². The number of rotatable bonds is 13. The van der Waals surface area contributed by atoms with Crippen molar-refractivity contribution in [1.82, 2.24) is 0 Å². The zero-order valence-electron chi connectivity index (χ0n) is 17.2. The Kier molecular flexibility index (Phi) is 10.0. The number of carbonyl (C=O) groups excluding carboxylic acids is 1. The maximum Gasteiger partial charge on any atom is 0.196 e. The van der Waals surface area contributed by atoms with E-state index in [9.17, 15) is 35.4 Å². The highest BCUT2D eigenvalue weighted by atomic mass is 16.5. The van der Waals surface area contributed by atoms with Gasteiger partial charge in [0.2, 0.25) is 0 Å². The minimum absolute atomic E-state index is 0.0965. The van der Waals surface area contributed by atoms with Crippen LogP contribution in [0.4, 0.5) is 0 Å². The number of ketones is 1. The van der Waals surface area contributed by atoms with E-state index < -0.39 is 50.3 Å². The molecule has 0 radical (unpaired) electrons. The molecular formula is C22H28O10.